The van der Waals surface area contributed by atoms with Gasteiger partial charge in [-0.3, -0.25) is 4.79 Å². The summed E-state index contributed by atoms with van der Waals surface area (Å²) in [5.74, 6) is 1.01. The van der Waals surface area contributed by atoms with Crippen LogP contribution >= 0.6 is 22.6 Å². The van der Waals surface area contributed by atoms with Crippen LogP contribution in [0.2, 0.25) is 0 Å². The molecule has 0 unspecified atom stereocenters. The molecule has 0 saturated carbocycles. The number of hydrogen-bond acceptors (Lipinski definition) is 4. The zero-order chi connectivity index (χ0) is 13.0. The number of halogens is 1. The molecule has 6 heteroatoms. The third kappa shape index (κ3) is 3.80. The lowest BCUT2D eigenvalue weighted by atomic mass is 10.2. The Morgan fingerprint density at radius 2 is 2.33 bits per heavy atom. The molecule has 0 spiro atoms. The fraction of sp³-hybridized carbons (Fsp3) is 0.250. The van der Waals surface area contributed by atoms with Gasteiger partial charge in [-0.1, -0.05) is 11.2 Å². The molecular weight excluding hydrogens is 345 g/mol. The fourth-order valence-corrected chi connectivity index (χ4v) is 1.99. The van der Waals surface area contributed by atoms with E-state index in [1.807, 2.05) is 24.3 Å². The lowest BCUT2D eigenvalue weighted by Crippen LogP contribution is -2.12. The average molecular weight is 357 g/mol. The molecule has 1 aromatic heterocycles. The maximum absolute atomic E-state index is 11.7. The summed E-state index contributed by atoms with van der Waals surface area (Å²) in [6, 6.07) is 7.64. The normalized spacial score (nSPS) is 10.3. The van der Waals surface area contributed by atoms with E-state index in [-0.39, 0.29) is 5.91 Å². The summed E-state index contributed by atoms with van der Waals surface area (Å²) >= 11 is 2.20. The Balaban J connectivity index is 1.85. The molecule has 18 heavy (non-hydrogen) atoms. The molecule has 0 aliphatic carbocycles. The molecule has 0 bridgehead atoms. The Morgan fingerprint density at radius 3 is 3.00 bits per heavy atom. The zero-order valence-corrected chi connectivity index (χ0v) is 12.0. The molecule has 0 aliphatic rings. The number of rotatable bonds is 4. The number of carbonyl (C=O) groups is 1. The predicted molar refractivity (Wildman–Crippen MR) is 75.1 cm³/mol. The van der Waals surface area contributed by atoms with Crippen LogP contribution in [0.1, 0.15) is 18.1 Å². The maximum atomic E-state index is 11.7. The number of amides is 1. The second-order valence-corrected chi connectivity index (χ2v) is 5.04. The lowest BCUT2D eigenvalue weighted by molar-refractivity contribution is -0.116. The van der Waals surface area contributed by atoms with Gasteiger partial charge in [-0.05, 0) is 47.7 Å². The number of benzene rings is 1. The number of aromatic nitrogens is 2. The Labute approximate surface area is 118 Å². The van der Waals surface area contributed by atoms with Crippen molar-refractivity contribution < 1.29 is 9.32 Å². The van der Waals surface area contributed by atoms with Gasteiger partial charge in [0.1, 0.15) is 0 Å². The van der Waals surface area contributed by atoms with E-state index in [4.69, 9.17) is 4.52 Å². The van der Waals surface area contributed by atoms with Crippen molar-refractivity contribution in [3.63, 3.8) is 0 Å². The van der Waals surface area contributed by atoms with E-state index in [0.29, 0.717) is 24.6 Å². The van der Waals surface area contributed by atoms with E-state index in [9.17, 15) is 4.79 Å². The van der Waals surface area contributed by atoms with Crippen LogP contribution in [0, 0.1) is 10.5 Å². The van der Waals surface area contributed by atoms with Gasteiger partial charge in [-0.2, -0.15) is 4.98 Å². The number of carbonyl (C=O) groups excluding carboxylic acids is 1. The standard InChI is InChI=1S/C12H12IN3O2/c1-8-14-12(18-16-8)6-5-11(17)15-10-4-2-3-9(13)7-10/h2-4,7H,5-6H2,1H3,(H,15,17). The first-order valence-corrected chi connectivity index (χ1v) is 6.56. The Hall–Kier alpha value is -1.44. The van der Waals surface area contributed by atoms with Crippen LogP contribution in [-0.2, 0) is 11.2 Å². The van der Waals surface area contributed by atoms with Gasteiger partial charge in [-0.15, -0.1) is 0 Å². The highest BCUT2D eigenvalue weighted by molar-refractivity contribution is 14.1. The third-order valence-electron chi connectivity index (χ3n) is 2.24. The van der Waals surface area contributed by atoms with E-state index >= 15 is 0 Å². The fourth-order valence-electron chi connectivity index (χ4n) is 1.45. The second kappa shape index (κ2) is 5.94. The quantitative estimate of drug-likeness (QED) is 0.854. The first-order chi connectivity index (χ1) is 8.63. The number of nitrogens with zero attached hydrogens (tertiary/aromatic N) is 2. The summed E-state index contributed by atoms with van der Waals surface area (Å²) in [7, 11) is 0. The number of nitrogens with one attached hydrogen (secondary N) is 1. The number of hydrogen-bond donors (Lipinski definition) is 1. The summed E-state index contributed by atoms with van der Waals surface area (Å²) in [6.45, 7) is 1.75. The van der Waals surface area contributed by atoms with Crippen molar-refractivity contribution in [3.8, 4) is 0 Å². The highest BCUT2D eigenvalue weighted by atomic mass is 127. The van der Waals surface area contributed by atoms with Gasteiger partial charge < -0.3 is 9.84 Å². The van der Waals surface area contributed by atoms with Crippen LogP contribution in [-0.4, -0.2) is 16.0 Å². The molecule has 0 aliphatic heterocycles. The van der Waals surface area contributed by atoms with Crippen molar-refractivity contribution in [1.82, 2.24) is 10.1 Å². The van der Waals surface area contributed by atoms with Gasteiger partial charge in [0.15, 0.2) is 5.82 Å². The molecule has 2 rings (SSSR count). The Bertz CT molecular complexity index is 554. The number of anilines is 1. The van der Waals surface area contributed by atoms with Crippen molar-refractivity contribution in [2.45, 2.75) is 19.8 Å². The highest BCUT2D eigenvalue weighted by Crippen LogP contribution is 2.12. The van der Waals surface area contributed by atoms with Crippen LogP contribution < -0.4 is 5.32 Å². The molecule has 0 radical (unpaired) electrons. The minimum Gasteiger partial charge on any atom is -0.339 e. The molecule has 1 heterocycles. The molecule has 94 valence electrons. The molecule has 0 fully saturated rings. The monoisotopic (exact) mass is 357 g/mol. The van der Waals surface area contributed by atoms with Crippen LogP contribution in [0.5, 0.6) is 0 Å². The van der Waals surface area contributed by atoms with Crippen LogP contribution in [0.4, 0.5) is 5.69 Å². The summed E-state index contributed by atoms with van der Waals surface area (Å²) < 4.78 is 6.02. The molecule has 1 aromatic carbocycles. The van der Waals surface area contributed by atoms with Gasteiger partial charge in [0.05, 0.1) is 0 Å². The molecule has 1 N–H and O–H groups in total. The maximum Gasteiger partial charge on any atom is 0.227 e. The van der Waals surface area contributed by atoms with E-state index in [1.54, 1.807) is 6.92 Å². The van der Waals surface area contributed by atoms with Gasteiger partial charge >= 0.3 is 0 Å². The van der Waals surface area contributed by atoms with Crippen molar-refractivity contribution >= 4 is 34.2 Å². The third-order valence-corrected chi connectivity index (χ3v) is 2.91. The first kappa shape index (κ1) is 13.0. The van der Waals surface area contributed by atoms with Crippen molar-refractivity contribution in [2.75, 3.05) is 5.32 Å². The smallest absolute Gasteiger partial charge is 0.227 e. The van der Waals surface area contributed by atoms with Crippen LogP contribution in [0.3, 0.4) is 0 Å². The van der Waals surface area contributed by atoms with Gasteiger partial charge in [0, 0.05) is 22.1 Å². The zero-order valence-electron chi connectivity index (χ0n) is 9.81. The SMILES string of the molecule is Cc1noc(CCC(=O)Nc2cccc(I)c2)n1. The molecule has 2 aromatic rings. The van der Waals surface area contributed by atoms with Crippen molar-refractivity contribution in [3.05, 3.63) is 39.6 Å². The molecule has 1 amide bonds. The Kier molecular flexibility index (Phi) is 4.29. The summed E-state index contributed by atoms with van der Waals surface area (Å²) in [4.78, 5) is 15.7. The summed E-state index contributed by atoms with van der Waals surface area (Å²) in [5, 5.41) is 6.50. The van der Waals surface area contributed by atoms with Crippen LogP contribution in [0.25, 0.3) is 0 Å². The van der Waals surface area contributed by atoms with Gasteiger partial charge in [0.2, 0.25) is 11.8 Å². The predicted octanol–water partition coefficient (Wildman–Crippen LogP) is 2.55. The first-order valence-electron chi connectivity index (χ1n) is 5.48. The van der Waals surface area contributed by atoms with E-state index in [1.165, 1.54) is 0 Å². The van der Waals surface area contributed by atoms with E-state index in [0.717, 1.165) is 9.26 Å². The second-order valence-electron chi connectivity index (χ2n) is 3.79. The van der Waals surface area contributed by atoms with Gasteiger partial charge in [0.25, 0.3) is 0 Å². The number of aryl methyl sites for hydroxylation is 2. The van der Waals surface area contributed by atoms with Gasteiger partial charge in [-0.25, -0.2) is 0 Å². The topological polar surface area (TPSA) is 68.0 Å². The molecule has 0 saturated heterocycles. The average Bonchev–Trinajstić information content (AvgIpc) is 2.73. The van der Waals surface area contributed by atoms with E-state index in [2.05, 4.69) is 38.0 Å². The Morgan fingerprint density at radius 1 is 1.50 bits per heavy atom. The van der Waals surface area contributed by atoms with Crippen molar-refractivity contribution in [1.29, 1.82) is 0 Å². The minimum absolute atomic E-state index is 0.0622. The molecule has 0 atom stereocenters. The lowest BCUT2D eigenvalue weighted by Gasteiger charge is -2.04. The van der Waals surface area contributed by atoms with E-state index < -0.39 is 0 Å². The summed E-state index contributed by atoms with van der Waals surface area (Å²) in [6.07, 6.45) is 0.781. The molecule has 5 nitrogen and oxygen atoms in total. The summed E-state index contributed by atoms with van der Waals surface area (Å²) in [5.41, 5.74) is 0.800. The van der Waals surface area contributed by atoms with Crippen LogP contribution in [0.15, 0.2) is 28.8 Å². The van der Waals surface area contributed by atoms with Crippen molar-refractivity contribution in [2.24, 2.45) is 0 Å². The minimum atomic E-state index is -0.0622. The largest absolute Gasteiger partial charge is 0.339 e. The highest BCUT2D eigenvalue weighted by Gasteiger charge is 2.07. The molecular formula is C12H12IN3O2.